The predicted molar refractivity (Wildman–Crippen MR) is 68.3 cm³/mol. The van der Waals surface area contributed by atoms with Crippen LogP contribution in [0.4, 0.5) is 0 Å². The molecule has 0 radical (unpaired) electrons. The molecule has 4 heteroatoms. The minimum Gasteiger partial charge on any atom is -0.492 e. The second-order valence-electron chi connectivity index (χ2n) is 3.30. The Bertz CT molecular complexity index is 428. The summed E-state index contributed by atoms with van der Waals surface area (Å²) < 4.78 is 8.52. The first-order valence-electron chi connectivity index (χ1n) is 5.10. The van der Waals surface area contributed by atoms with Crippen LogP contribution in [0.15, 0.2) is 53.3 Å². The molecule has 84 valence electrons. The highest BCUT2D eigenvalue weighted by Gasteiger charge is 1.94. The number of benzene rings is 1. The minimum absolute atomic E-state index is 0.634. The maximum atomic E-state index is 5.58. The average Bonchev–Trinajstić information content (AvgIpc) is 2.77. The van der Waals surface area contributed by atoms with Crippen molar-refractivity contribution in [2.45, 2.75) is 0 Å². The fourth-order valence-corrected chi connectivity index (χ4v) is 1.72. The highest BCUT2D eigenvalue weighted by atomic mass is 79.9. The molecule has 0 amide bonds. The van der Waals surface area contributed by atoms with E-state index in [-0.39, 0.29) is 0 Å². The first kappa shape index (κ1) is 11.1. The van der Waals surface area contributed by atoms with Crippen molar-refractivity contribution in [1.29, 1.82) is 0 Å². The SMILES string of the molecule is Brc1cccc(OCCNn2cccc2)c1. The van der Waals surface area contributed by atoms with Gasteiger partial charge >= 0.3 is 0 Å². The number of halogens is 1. The lowest BCUT2D eigenvalue weighted by Gasteiger charge is -2.09. The zero-order chi connectivity index (χ0) is 11.2. The second kappa shape index (κ2) is 5.61. The summed E-state index contributed by atoms with van der Waals surface area (Å²) in [6, 6.07) is 11.8. The number of ether oxygens (including phenoxy) is 1. The lowest BCUT2D eigenvalue weighted by atomic mass is 10.3. The summed E-state index contributed by atoms with van der Waals surface area (Å²) in [6.45, 7) is 1.40. The van der Waals surface area contributed by atoms with Gasteiger partial charge < -0.3 is 10.2 Å². The molecule has 1 N–H and O–H groups in total. The summed E-state index contributed by atoms with van der Waals surface area (Å²) in [4.78, 5) is 0. The molecular formula is C12H13BrN2O. The Balaban J connectivity index is 1.72. The molecule has 0 saturated carbocycles. The van der Waals surface area contributed by atoms with E-state index in [2.05, 4.69) is 21.4 Å². The van der Waals surface area contributed by atoms with E-state index in [4.69, 9.17) is 4.74 Å². The summed E-state index contributed by atoms with van der Waals surface area (Å²) in [7, 11) is 0. The van der Waals surface area contributed by atoms with Gasteiger partial charge in [-0.1, -0.05) is 22.0 Å². The van der Waals surface area contributed by atoms with E-state index in [9.17, 15) is 0 Å². The van der Waals surface area contributed by atoms with E-state index in [0.717, 1.165) is 16.8 Å². The quantitative estimate of drug-likeness (QED) is 0.853. The summed E-state index contributed by atoms with van der Waals surface area (Å²) in [5.74, 6) is 0.878. The smallest absolute Gasteiger partial charge is 0.120 e. The van der Waals surface area contributed by atoms with Gasteiger partial charge in [-0.05, 0) is 30.3 Å². The van der Waals surface area contributed by atoms with Gasteiger partial charge in [0.25, 0.3) is 0 Å². The third kappa shape index (κ3) is 3.31. The first-order valence-corrected chi connectivity index (χ1v) is 5.89. The second-order valence-corrected chi connectivity index (χ2v) is 4.22. The monoisotopic (exact) mass is 280 g/mol. The van der Waals surface area contributed by atoms with Crippen LogP contribution in [0, 0.1) is 0 Å². The molecule has 0 unspecified atom stereocenters. The van der Waals surface area contributed by atoms with E-state index >= 15 is 0 Å². The molecule has 0 saturated heterocycles. The lowest BCUT2D eigenvalue weighted by Crippen LogP contribution is -2.19. The minimum atomic E-state index is 0.634. The summed E-state index contributed by atoms with van der Waals surface area (Å²) >= 11 is 3.40. The van der Waals surface area contributed by atoms with Gasteiger partial charge in [-0.25, -0.2) is 0 Å². The molecule has 0 atom stereocenters. The average molecular weight is 281 g/mol. The van der Waals surface area contributed by atoms with E-state index in [1.165, 1.54) is 0 Å². The molecule has 2 aromatic rings. The van der Waals surface area contributed by atoms with Crippen LogP contribution in [0.5, 0.6) is 5.75 Å². The van der Waals surface area contributed by atoms with Gasteiger partial charge in [-0.3, -0.25) is 4.68 Å². The number of nitrogens with zero attached hydrogens (tertiary/aromatic N) is 1. The van der Waals surface area contributed by atoms with Crippen molar-refractivity contribution in [3.63, 3.8) is 0 Å². The molecule has 0 fully saturated rings. The van der Waals surface area contributed by atoms with E-state index < -0.39 is 0 Å². The van der Waals surface area contributed by atoms with Gasteiger partial charge in [0.1, 0.15) is 12.4 Å². The van der Waals surface area contributed by atoms with Crippen LogP contribution < -0.4 is 10.2 Å². The molecule has 1 aromatic heterocycles. The topological polar surface area (TPSA) is 26.2 Å². The Kier molecular flexibility index (Phi) is 3.88. The molecular weight excluding hydrogens is 268 g/mol. The summed E-state index contributed by atoms with van der Waals surface area (Å²) in [5.41, 5.74) is 3.19. The van der Waals surface area contributed by atoms with Gasteiger partial charge in [0.2, 0.25) is 0 Å². The summed E-state index contributed by atoms with van der Waals surface area (Å²) in [5, 5.41) is 0. The van der Waals surface area contributed by atoms with Crippen molar-refractivity contribution in [2.75, 3.05) is 18.6 Å². The fraction of sp³-hybridized carbons (Fsp3) is 0.167. The lowest BCUT2D eigenvalue weighted by molar-refractivity contribution is 0.328. The van der Waals surface area contributed by atoms with Gasteiger partial charge in [-0.15, -0.1) is 0 Å². The van der Waals surface area contributed by atoms with Crippen molar-refractivity contribution in [2.24, 2.45) is 0 Å². The van der Waals surface area contributed by atoms with Crippen LogP contribution in [0.25, 0.3) is 0 Å². The van der Waals surface area contributed by atoms with Crippen molar-refractivity contribution >= 4 is 15.9 Å². The molecule has 0 aliphatic rings. The number of hydrogen-bond donors (Lipinski definition) is 1. The molecule has 1 aromatic carbocycles. The van der Waals surface area contributed by atoms with E-state index in [0.29, 0.717) is 6.61 Å². The first-order chi connectivity index (χ1) is 7.84. The van der Waals surface area contributed by atoms with Crippen molar-refractivity contribution in [3.8, 4) is 5.75 Å². The number of aromatic nitrogens is 1. The predicted octanol–water partition coefficient (Wildman–Crippen LogP) is 2.87. The van der Waals surface area contributed by atoms with Crippen LogP contribution in [0.1, 0.15) is 0 Å². The zero-order valence-corrected chi connectivity index (χ0v) is 10.4. The maximum Gasteiger partial charge on any atom is 0.120 e. The molecule has 3 nitrogen and oxygen atoms in total. The normalized spacial score (nSPS) is 10.1. The Morgan fingerprint density at radius 1 is 1.19 bits per heavy atom. The maximum absolute atomic E-state index is 5.58. The van der Waals surface area contributed by atoms with Gasteiger partial charge in [0, 0.05) is 16.9 Å². The standard InChI is InChI=1S/C12H13BrN2O/c13-11-4-3-5-12(10-11)16-9-6-14-15-7-1-2-8-15/h1-5,7-8,10,14H,6,9H2. The van der Waals surface area contributed by atoms with Gasteiger partial charge in [-0.2, -0.15) is 0 Å². The van der Waals surface area contributed by atoms with Crippen LogP contribution in [-0.4, -0.2) is 17.8 Å². The Morgan fingerprint density at radius 2 is 2.00 bits per heavy atom. The Labute approximate surface area is 103 Å². The Hall–Kier alpha value is -1.42. The van der Waals surface area contributed by atoms with E-state index in [1.807, 2.05) is 53.5 Å². The van der Waals surface area contributed by atoms with E-state index in [1.54, 1.807) is 0 Å². The van der Waals surface area contributed by atoms with Gasteiger partial charge in [0.05, 0.1) is 6.54 Å². The summed E-state index contributed by atoms with van der Waals surface area (Å²) in [6.07, 6.45) is 3.91. The van der Waals surface area contributed by atoms with Gasteiger partial charge in [0.15, 0.2) is 0 Å². The number of rotatable bonds is 5. The van der Waals surface area contributed by atoms with Crippen molar-refractivity contribution in [3.05, 3.63) is 53.3 Å². The molecule has 0 spiro atoms. The van der Waals surface area contributed by atoms with Crippen molar-refractivity contribution < 1.29 is 4.74 Å². The highest BCUT2D eigenvalue weighted by Crippen LogP contribution is 2.17. The fourth-order valence-electron chi connectivity index (χ4n) is 1.34. The van der Waals surface area contributed by atoms with Crippen LogP contribution in [0.3, 0.4) is 0 Å². The number of nitrogens with one attached hydrogen (secondary N) is 1. The molecule has 0 aliphatic heterocycles. The molecule has 0 bridgehead atoms. The molecule has 0 aliphatic carbocycles. The molecule has 2 rings (SSSR count). The third-order valence-corrected chi connectivity index (χ3v) is 2.56. The number of hydrogen-bond acceptors (Lipinski definition) is 2. The molecule has 1 heterocycles. The van der Waals surface area contributed by atoms with Crippen LogP contribution >= 0.6 is 15.9 Å². The molecule has 16 heavy (non-hydrogen) atoms. The third-order valence-electron chi connectivity index (χ3n) is 2.07. The largest absolute Gasteiger partial charge is 0.492 e. The van der Waals surface area contributed by atoms with Crippen LogP contribution in [-0.2, 0) is 0 Å². The van der Waals surface area contributed by atoms with Crippen LogP contribution in [0.2, 0.25) is 0 Å². The highest BCUT2D eigenvalue weighted by molar-refractivity contribution is 9.10. The Morgan fingerprint density at radius 3 is 2.75 bits per heavy atom. The zero-order valence-electron chi connectivity index (χ0n) is 8.77. The van der Waals surface area contributed by atoms with Crippen molar-refractivity contribution in [1.82, 2.24) is 4.68 Å².